The SMILES string of the molecule is COc1cc([C@@](C)(N)C(=O)O)c(OC)cc1C. The Hall–Kier alpha value is -1.75. The van der Waals surface area contributed by atoms with Gasteiger partial charge in [-0.3, -0.25) is 0 Å². The van der Waals surface area contributed by atoms with Crippen LogP contribution in [0.2, 0.25) is 0 Å². The number of rotatable bonds is 4. The average Bonchev–Trinajstić information content (AvgIpc) is 2.27. The molecule has 0 aliphatic heterocycles. The van der Waals surface area contributed by atoms with E-state index in [2.05, 4.69) is 0 Å². The van der Waals surface area contributed by atoms with Crippen molar-refractivity contribution in [2.75, 3.05) is 14.2 Å². The van der Waals surface area contributed by atoms with Crippen molar-refractivity contribution in [1.29, 1.82) is 0 Å². The van der Waals surface area contributed by atoms with E-state index >= 15 is 0 Å². The van der Waals surface area contributed by atoms with E-state index in [1.807, 2.05) is 6.92 Å². The van der Waals surface area contributed by atoms with Crippen LogP contribution in [0.4, 0.5) is 0 Å². The molecule has 0 saturated carbocycles. The first-order valence-electron chi connectivity index (χ1n) is 5.10. The fourth-order valence-corrected chi connectivity index (χ4v) is 1.57. The molecular weight excluding hydrogens is 222 g/mol. The summed E-state index contributed by atoms with van der Waals surface area (Å²) in [4.78, 5) is 11.2. The Labute approximate surface area is 100 Å². The third kappa shape index (κ3) is 2.34. The predicted octanol–water partition coefficient (Wildman–Crippen LogP) is 1.27. The minimum absolute atomic E-state index is 0.384. The number of carboxylic acids is 1. The van der Waals surface area contributed by atoms with Gasteiger partial charge in [-0.15, -0.1) is 0 Å². The molecule has 1 aromatic rings. The van der Waals surface area contributed by atoms with Gasteiger partial charge in [0.2, 0.25) is 0 Å². The number of methoxy groups -OCH3 is 2. The number of hydrogen-bond donors (Lipinski definition) is 2. The van der Waals surface area contributed by atoms with Crippen molar-refractivity contribution in [1.82, 2.24) is 0 Å². The first kappa shape index (κ1) is 13.3. The van der Waals surface area contributed by atoms with Gasteiger partial charge >= 0.3 is 5.97 Å². The van der Waals surface area contributed by atoms with Gasteiger partial charge in [-0.2, -0.15) is 0 Å². The van der Waals surface area contributed by atoms with E-state index < -0.39 is 11.5 Å². The number of ether oxygens (including phenoxy) is 2. The van der Waals surface area contributed by atoms with Crippen LogP contribution in [-0.4, -0.2) is 25.3 Å². The largest absolute Gasteiger partial charge is 0.496 e. The Morgan fingerprint density at radius 3 is 2.24 bits per heavy atom. The van der Waals surface area contributed by atoms with Gasteiger partial charge in [-0.25, -0.2) is 4.79 Å². The van der Waals surface area contributed by atoms with Crippen molar-refractivity contribution >= 4 is 5.97 Å². The molecule has 0 unspecified atom stereocenters. The maximum absolute atomic E-state index is 11.2. The summed E-state index contributed by atoms with van der Waals surface area (Å²) in [5.41, 5.74) is 5.51. The molecule has 0 radical (unpaired) electrons. The highest BCUT2D eigenvalue weighted by Crippen LogP contribution is 2.34. The second-order valence-electron chi connectivity index (χ2n) is 4.03. The summed E-state index contributed by atoms with van der Waals surface area (Å²) in [6, 6.07) is 3.31. The second-order valence-corrected chi connectivity index (χ2v) is 4.03. The molecule has 0 spiro atoms. The quantitative estimate of drug-likeness (QED) is 0.826. The number of aryl methyl sites for hydroxylation is 1. The first-order valence-corrected chi connectivity index (χ1v) is 5.10. The van der Waals surface area contributed by atoms with E-state index in [0.717, 1.165) is 5.56 Å². The summed E-state index contributed by atoms with van der Waals surface area (Å²) < 4.78 is 10.3. The van der Waals surface area contributed by atoms with Crippen LogP contribution in [0.1, 0.15) is 18.1 Å². The maximum atomic E-state index is 11.2. The molecule has 5 heteroatoms. The van der Waals surface area contributed by atoms with E-state index in [1.54, 1.807) is 12.1 Å². The minimum atomic E-state index is -1.52. The average molecular weight is 239 g/mol. The van der Waals surface area contributed by atoms with Crippen LogP contribution in [0.5, 0.6) is 11.5 Å². The molecule has 3 N–H and O–H groups in total. The van der Waals surface area contributed by atoms with E-state index in [1.165, 1.54) is 21.1 Å². The fraction of sp³-hybridized carbons (Fsp3) is 0.417. The van der Waals surface area contributed by atoms with Crippen molar-refractivity contribution < 1.29 is 19.4 Å². The summed E-state index contributed by atoms with van der Waals surface area (Å²) >= 11 is 0. The van der Waals surface area contributed by atoms with Gasteiger partial charge in [0.1, 0.15) is 17.0 Å². The number of carboxylic acid groups (broad SMARTS) is 1. The Morgan fingerprint density at radius 2 is 1.82 bits per heavy atom. The summed E-state index contributed by atoms with van der Waals surface area (Å²) in [6.07, 6.45) is 0. The number of hydrogen-bond acceptors (Lipinski definition) is 4. The normalized spacial score (nSPS) is 13.9. The number of carbonyl (C=O) groups is 1. The highest BCUT2D eigenvalue weighted by atomic mass is 16.5. The van der Waals surface area contributed by atoms with Crippen molar-refractivity contribution in [3.63, 3.8) is 0 Å². The third-order valence-corrected chi connectivity index (χ3v) is 2.72. The first-order chi connectivity index (χ1) is 7.84. The van der Waals surface area contributed by atoms with E-state index in [9.17, 15) is 4.79 Å². The van der Waals surface area contributed by atoms with Crippen LogP contribution in [0.3, 0.4) is 0 Å². The fourth-order valence-electron chi connectivity index (χ4n) is 1.57. The van der Waals surface area contributed by atoms with Crippen LogP contribution in [0.15, 0.2) is 12.1 Å². The van der Waals surface area contributed by atoms with E-state index in [-0.39, 0.29) is 0 Å². The third-order valence-electron chi connectivity index (χ3n) is 2.72. The zero-order valence-electron chi connectivity index (χ0n) is 10.4. The lowest BCUT2D eigenvalue weighted by molar-refractivity contribution is -0.143. The minimum Gasteiger partial charge on any atom is -0.496 e. The smallest absolute Gasteiger partial charge is 0.328 e. The van der Waals surface area contributed by atoms with Gasteiger partial charge in [0.15, 0.2) is 0 Å². The molecular formula is C12H17NO4. The highest BCUT2D eigenvalue weighted by Gasteiger charge is 2.34. The van der Waals surface area contributed by atoms with Gasteiger partial charge < -0.3 is 20.3 Å². The van der Waals surface area contributed by atoms with Crippen molar-refractivity contribution in [3.8, 4) is 11.5 Å². The lowest BCUT2D eigenvalue weighted by atomic mass is 9.91. The topological polar surface area (TPSA) is 81.8 Å². The van der Waals surface area contributed by atoms with Gasteiger partial charge in [0.25, 0.3) is 0 Å². The zero-order valence-corrected chi connectivity index (χ0v) is 10.4. The summed E-state index contributed by atoms with van der Waals surface area (Å²) in [6.45, 7) is 3.27. The van der Waals surface area contributed by atoms with Crippen LogP contribution >= 0.6 is 0 Å². The van der Waals surface area contributed by atoms with Gasteiger partial charge in [0.05, 0.1) is 14.2 Å². The number of aliphatic carboxylic acids is 1. The monoisotopic (exact) mass is 239 g/mol. The Morgan fingerprint density at radius 1 is 1.29 bits per heavy atom. The molecule has 0 amide bonds. The number of benzene rings is 1. The van der Waals surface area contributed by atoms with Crippen LogP contribution in [-0.2, 0) is 10.3 Å². The molecule has 0 aliphatic rings. The molecule has 0 bridgehead atoms. The lowest BCUT2D eigenvalue weighted by Gasteiger charge is -2.23. The van der Waals surface area contributed by atoms with Crippen LogP contribution in [0, 0.1) is 6.92 Å². The molecule has 94 valence electrons. The lowest BCUT2D eigenvalue weighted by Crippen LogP contribution is -2.42. The Bertz CT molecular complexity index is 440. The molecule has 0 aliphatic carbocycles. The molecule has 0 aromatic heterocycles. The van der Waals surface area contributed by atoms with Crippen molar-refractivity contribution in [2.45, 2.75) is 19.4 Å². The zero-order chi connectivity index (χ0) is 13.2. The van der Waals surface area contributed by atoms with Crippen LogP contribution in [0.25, 0.3) is 0 Å². The van der Waals surface area contributed by atoms with Gasteiger partial charge in [0, 0.05) is 5.56 Å². The summed E-state index contributed by atoms with van der Waals surface area (Å²) in [5, 5.41) is 9.13. The highest BCUT2D eigenvalue weighted by molar-refractivity contribution is 5.81. The number of nitrogens with two attached hydrogens (primary N) is 1. The molecule has 0 fully saturated rings. The summed E-state index contributed by atoms with van der Waals surface area (Å²) in [7, 11) is 3.00. The molecule has 17 heavy (non-hydrogen) atoms. The van der Waals surface area contributed by atoms with Gasteiger partial charge in [-0.1, -0.05) is 0 Å². The summed E-state index contributed by atoms with van der Waals surface area (Å²) in [5.74, 6) is -0.101. The maximum Gasteiger partial charge on any atom is 0.328 e. The Balaban J connectivity index is 3.45. The van der Waals surface area contributed by atoms with Crippen molar-refractivity contribution in [3.05, 3.63) is 23.3 Å². The molecule has 0 heterocycles. The molecule has 0 saturated heterocycles. The predicted molar refractivity (Wildman–Crippen MR) is 63.5 cm³/mol. The second kappa shape index (κ2) is 4.63. The molecule has 1 aromatic carbocycles. The molecule has 5 nitrogen and oxygen atoms in total. The Kier molecular flexibility index (Phi) is 3.63. The standard InChI is InChI=1S/C12H17NO4/c1-7-5-10(17-4)8(6-9(7)16-3)12(2,13)11(14)15/h5-6H,13H2,1-4H3,(H,14,15)/t12-/m1/s1. The van der Waals surface area contributed by atoms with Gasteiger partial charge in [-0.05, 0) is 31.5 Å². The molecule has 1 atom stereocenters. The van der Waals surface area contributed by atoms with E-state index in [0.29, 0.717) is 17.1 Å². The molecule has 1 rings (SSSR count). The van der Waals surface area contributed by atoms with Crippen molar-refractivity contribution in [2.24, 2.45) is 5.73 Å². The van der Waals surface area contributed by atoms with Crippen LogP contribution < -0.4 is 15.2 Å². The van der Waals surface area contributed by atoms with E-state index in [4.69, 9.17) is 20.3 Å².